The fraction of sp³-hybridized carbons (Fsp3) is 0.333. The molecular formula is C27H31NO3. The van der Waals surface area contributed by atoms with Crippen molar-refractivity contribution in [2.24, 2.45) is 0 Å². The molecule has 1 aliphatic rings. The van der Waals surface area contributed by atoms with Crippen LogP contribution in [0.1, 0.15) is 48.6 Å². The first-order chi connectivity index (χ1) is 15.1. The predicted octanol–water partition coefficient (Wildman–Crippen LogP) is 5.19. The summed E-state index contributed by atoms with van der Waals surface area (Å²) >= 11 is 0. The van der Waals surface area contributed by atoms with E-state index in [0.29, 0.717) is 19.3 Å². The minimum atomic E-state index is -0.562. The van der Waals surface area contributed by atoms with Crippen LogP contribution in [0.2, 0.25) is 0 Å². The molecule has 3 aromatic carbocycles. The fourth-order valence-corrected chi connectivity index (χ4v) is 4.17. The highest BCUT2D eigenvalue weighted by Crippen LogP contribution is 2.42. The van der Waals surface area contributed by atoms with Crippen LogP contribution in [0.15, 0.2) is 72.8 Å². The molecule has 3 aromatic rings. The Kier molecular flexibility index (Phi) is 6.90. The van der Waals surface area contributed by atoms with Gasteiger partial charge in [-0.25, -0.2) is 0 Å². The van der Waals surface area contributed by atoms with Crippen LogP contribution in [0.5, 0.6) is 11.5 Å². The summed E-state index contributed by atoms with van der Waals surface area (Å²) in [6.45, 7) is 5.15. The highest BCUT2D eigenvalue weighted by Gasteiger charge is 2.31. The van der Waals surface area contributed by atoms with Gasteiger partial charge in [0.25, 0.3) is 0 Å². The number of nitrogens with one attached hydrogen (secondary N) is 1. The molecule has 0 amide bonds. The standard InChI is InChI=1S/C27H31NO3/c1-19(2)28-24-15-13-23-22(26(24)29)14-16-25(30-17-20-9-5-3-6-10-20)27(23)31-18-21-11-7-4-8-12-21/h3-12,14,16,19,24,26,28-29H,13,15,17-18H2,1-2H3/t24-,26+/m1/s1. The molecule has 0 spiro atoms. The van der Waals surface area contributed by atoms with Gasteiger partial charge in [0, 0.05) is 17.6 Å². The summed E-state index contributed by atoms with van der Waals surface area (Å²) in [5, 5.41) is 14.5. The van der Waals surface area contributed by atoms with Crippen molar-refractivity contribution in [3.05, 3.63) is 95.1 Å². The zero-order valence-electron chi connectivity index (χ0n) is 18.3. The third-order valence-electron chi connectivity index (χ3n) is 5.68. The SMILES string of the molecule is CC(C)N[C@@H]1CCc2c(ccc(OCc3ccccc3)c2OCc2ccccc2)[C@@H]1O. The maximum Gasteiger partial charge on any atom is 0.165 e. The Labute approximate surface area is 184 Å². The monoisotopic (exact) mass is 417 g/mol. The second-order valence-corrected chi connectivity index (χ2v) is 8.42. The number of aliphatic hydroxyl groups is 1. The third-order valence-corrected chi connectivity index (χ3v) is 5.68. The molecule has 0 radical (unpaired) electrons. The van der Waals surface area contributed by atoms with Crippen molar-refractivity contribution in [2.45, 2.75) is 58.1 Å². The first-order valence-electron chi connectivity index (χ1n) is 11.0. The van der Waals surface area contributed by atoms with Gasteiger partial charge in [0.2, 0.25) is 0 Å². The fourth-order valence-electron chi connectivity index (χ4n) is 4.17. The Morgan fingerprint density at radius 3 is 2.10 bits per heavy atom. The molecule has 162 valence electrons. The normalized spacial score (nSPS) is 17.9. The average Bonchev–Trinajstić information content (AvgIpc) is 2.79. The Hall–Kier alpha value is -2.82. The van der Waals surface area contributed by atoms with E-state index in [0.717, 1.165) is 46.6 Å². The molecule has 1 aliphatic carbocycles. The van der Waals surface area contributed by atoms with Gasteiger partial charge in [0.05, 0.1) is 6.10 Å². The van der Waals surface area contributed by atoms with E-state index in [2.05, 4.69) is 43.4 Å². The van der Waals surface area contributed by atoms with Gasteiger partial charge in [-0.15, -0.1) is 0 Å². The van der Waals surface area contributed by atoms with Crippen molar-refractivity contribution in [1.82, 2.24) is 5.32 Å². The molecule has 2 atom stereocenters. The Bertz CT molecular complexity index is 973. The minimum absolute atomic E-state index is 0.0468. The molecule has 4 nitrogen and oxygen atoms in total. The second-order valence-electron chi connectivity index (χ2n) is 8.42. The van der Waals surface area contributed by atoms with Crippen molar-refractivity contribution in [1.29, 1.82) is 0 Å². The number of ether oxygens (including phenoxy) is 2. The van der Waals surface area contributed by atoms with Crippen LogP contribution in [0.3, 0.4) is 0 Å². The zero-order chi connectivity index (χ0) is 21.6. The molecule has 0 aromatic heterocycles. The number of aliphatic hydroxyl groups excluding tert-OH is 1. The van der Waals surface area contributed by atoms with Gasteiger partial charge < -0.3 is 19.9 Å². The largest absolute Gasteiger partial charge is 0.485 e. The van der Waals surface area contributed by atoms with Crippen molar-refractivity contribution >= 4 is 0 Å². The van der Waals surface area contributed by atoms with E-state index in [-0.39, 0.29) is 6.04 Å². The first kappa shape index (κ1) is 21.4. The highest BCUT2D eigenvalue weighted by atomic mass is 16.5. The number of hydrogen-bond acceptors (Lipinski definition) is 4. The van der Waals surface area contributed by atoms with Gasteiger partial charge in [-0.05, 0) is 35.6 Å². The van der Waals surface area contributed by atoms with Gasteiger partial charge in [-0.2, -0.15) is 0 Å². The highest BCUT2D eigenvalue weighted by molar-refractivity contribution is 5.53. The lowest BCUT2D eigenvalue weighted by Gasteiger charge is -2.33. The van der Waals surface area contributed by atoms with E-state index in [1.807, 2.05) is 48.5 Å². The summed E-state index contributed by atoms with van der Waals surface area (Å²) in [5.41, 5.74) is 4.19. The van der Waals surface area contributed by atoms with Gasteiger partial charge in [0.1, 0.15) is 13.2 Å². The van der Waals surface area contributed by atoms with Crippen LogP contribution in [-0.2, 0) is 19.6 Å². The third kappa shape index (κ3) is 5.27. The molecule has 0 fully saturated rings. The molecule has 0 bridgehead atoms. The summed E-state index contributed by atoms with van der Waals surface area (Å²) in [4.78, 5) is 0. The van der Waals surface area contributed by atoms with Crippen molar-refractivity contribution in [2.75, 3.05) is 0 Å². The van der Waals surface area contributed by atoms with Crippen LogP contribution in [0.25, 0.3) is 0 Å². The van der Waals surface area contributed by atoms with Crippen LogP contribution in [0, 0.1) is 0 Å². The molecule has 4 rings (SSSR count). The minimum Gasteiger partial charge on any atom is -0.485 e. The molecule has 4 heteroatoms. The van der Waals surface area contributed by atoms with E-state index < -0.39 is 6.10 Å². The van der Waals surface area contributed by atoms with Crippen LogP contribution >= 0.6 is 0 Å². The molecule has 0 aliphatic heterocycles. The molecule has 2 N–H and O–H groups in total. The van der Waals surface area contributed by atoms with Crippen LogP contribution in [-0.4, -0.2) is 17.2 Å². The summed E-state index contributed by atoms with van der Waals surface area (Å²) in [6, 6.07) is 24.5. The van der Waals surface area contributed by atoms with E-state index in [1.54, 1.807) is 0 Å². The van der Waals surface area contributed by atoms with E-state index in [4.69, 9.17) is 9.47 Å². The number of rotatable bonds is 8. The van der Waals surface area contributed by atoms with Crippen molar-refractivity contribution < 1.29 is 14.6 Å². The molecule has 0 heterocycles. The lowest BCUT2D eigenvalue weighted by molar-refractivity contribution is 0.109. The van der Waals surface area contributed by atoms with Gasteiger partial charge in [-0.1, -0.05) is 80.6 Å². The number of hydrogen-bond donors (Lipinski definition) is 2. The number of fused-ring (bicyclic) bond motifs is 1. The van der Waals surface area contributed by atoms with Crippen LogP contribution in [0.4, 0.5) is 0 Å². The van der Waals surface area contributed by atoms with E-state index >= 15 is 0 Å². The Balaban J connectivity index is 1.61. The topological polar surface area (TPSA) is 50.7 Å². The average molecular weight is 418 g/mol. The summed E-state index contributed by atoms with van der Waals surface area (Å²) in [7, 11) is 0. The van der Waals surface area contributed by atoms with Crippen molar-refractivity contribution in [3.8, 4) is 11.5 Å². The van der Waals surface area contributed by atoms with Gasteiger partial charge in [-0.3, -0.25) is 0 Å². The molecule has 31 heavy (non-hydrogen) atoms. The Morgan fingerprint density at radius 2 is 1.48 bits per heavy atom. The first-order valence-corrected chi connectivity index (χ1v) is 11.0. The maximum absolute atomic E-state index is 11.0. The predicted molar refractivity (Wildman–Crippen MR) is 123 cm³/mol. The second kappa shape index (κ2) is 9.99. The summed E-state index contributed by atoms with van der Waals surface area (Å²) in [6.07, 6.45) is 1.13. The lowest BCUT2D eigenvalue weighted by atomic mass is 9.84. The van der Waals surface area contributed by atoms with E-state index in [9.17, 15) is 5.11 Å². The van der Waals surface area contributed by atoms with Gasteiger partial charge >= 0.3 is 0 Å². The zero-order valence-corrected chi connectivity index (χ0v) is 18.3. The smallest absolute Gasteiger partial charge is 0.165 e. The van der Waals surface area contributed by atoms with Crippen LogP contribution < -0.4 is 14.8 Å². The lowest BCUT2D eigenvalue weighted by Crippen LogP contribution is -2.42. The van der Waals surface area contributed by atoms with Crippen molar-refractivity contribution in [3.63, 3.8) is 0 Å². The number of benzene rings is 3. The summed E-state index contributed by atoms with van der Waals surface area (Å²) in [5.74, 6) is 1.47. The molecular weight excluding hydrogens is 386 g/mol. The van der Waals surface area contributed by atoms with E-state index in [1.165, 1.54) is 0 Å². The Morgan fingerprint density at radius 1 is 0.871 bits per heavy atom. The quantitative estimate of drug-likeness (QED) is 0.530. The van der Waals surface area contributed by atoms with Gasteiger partial charge in [0.15, 0.2) is 11.5 Å². The maximum atomic E-state index is 11.0. The molecule has 0 saturated heterocycles. The summed E-state index contributed by atoms with van der Waals surface area (Å²) < 4.78 is 12.5. The molecule has 0 saturated carbocycles. The molecule has 0 unspecified atom stereocenters.